The van der Waals surface area contributed by atoms with Gasteiger partial charge in [0.25, 0.3) is 5.91 Å². The molecule has 0 aromatic heterocycles. The van der Waals surface area contributed by atoms with Gasteiger partial charge in [-0.15, -0.1) is 0 Å². The van der Waals surface area contributed by atoms with Gasteiger partial charge in [-0.1, -0.05) is 25.0 Å². The monoisotopic (exact) mass is 275 g/mol. The number of rotatable bonds is 1. The molecule has 0 N–H and O–H groups in total. The van der Waals surface area contributed by atoms with Crippen molar-refractivity contribution in [1.29, 1.82) is 0 Å². The third-order valence-corrected chi connectivity index (χ3v) is 4.93. The van der Waals surface area contributed by atoms with E-state index in [9.17, 15) is 9.18 Å². The molecule has 3 heteroatoms. The molecule has 20 heavy (non-hydrogen) atoms. The Balaban J connectivity index is 1.87. The number of benzene rings is 1. The van der Waals surface area contributed by atoms with Crippen LogP contribution in [0.2, 0.25) is 0 Å². The van der Waals surface area contributed by atoms with E-state index in [0.29, 0.717) is 17.5 Å². The molecular formula is C17H22FNO. The minimum Gasteiger partial charge on any atom is -0.335 e. The van der Waals surface area contributed by atoms with Crippen LogP contribution in [0.3, 0.4) is 0 Å². The molecular weight excluding hydrogens is 253 g/mol. The molecule has 2 aliphatic rings. The first kappa shape index (κ1) is 13.6. The molecule has 0 radical (unpaired) electrons. The van der Waals surface area contributed by atoms with Gasteiger partial charge in [-0.05, 0) is 50.2 Å². The fraction of sp³-hybridized carbons (Fsp3) is 0.588. The first-order valence-electron chi connectivity index (χ1n) is 7.74. The van der Waals surface area contributed by atoms with Crippen LogP contribution < -0.4 is 0 Å². The Morgan fingerprint density at radius 2 is 1.95 bits per heavy atom. The number of carbonyl (C=O) groups excluding carboxylic acids is 1. The Labute approximate surface area is 120 Å². The third kappa shape index (κ3) is 2.34. The quantitative estimate of drug-likeness (QED) is 0.760. The number of nitrogens with zero attached hydrogens (tertiary/aromatic N) is 1. The number of carbonyl (C=O) groups is 1. The largest absolute Gasteiger partial charge is 0.335 e. The van der Waals surface area contributed by atoms with Crippen LogP contribution in [0.15, 0.2) is 18.2 Å². The highest BCUT2D eigenvalue weighted by Gasteiger charge is 2.36. The van der Waals surface area contributed by atoms with Gasteiger partial charge in [0.15, 0.2) is 0 Å². The van der Waals surface area contributed by atoms with Crippen molar-refractivity contribution >= 4 is 5.91 Å². The van der Waals surface area contributed by atoms with E-state index < -0.39 is 0 Å². The van der Waals surface area contributed by atoms with E-state index >= 15 is 0 Å². The molecule has 1 aliphatic heterocycles. The van der Waals surface area contributed by atoms with Crippen molar-refractivity contribution in [2.24, 2.45) is 5.92 Å². The molecule has 2 atom stereocenters. The average molecular weight is 275 g/mol. The smallest absolute Gasteiger partial charge is 0.257 e. The molecule has 108 valence electrons. The van der Waals surface area contributed by atoms with Gasteiger partial charge in [0, 0.05) is 12.6 Å². The summed E-state index contributed by atoms with van der Waals surface area (Å²) in [7, 11) is 0. The molecule has 0 bridgehead atoms. The van der Waals surface area contributed by atoms with Gasteiger partial charge in [0.2, 0.25) is 0 Å². The summed E-state index contributed by atoms with van der Waals surface area (Å²) < 4.78 is 14.2. The van der Waals surface area contributed by atoms with Crippen LogP contribution in [0.4, 0.5) is 4.39 Å². The zero-order valence-corrected chi connectivity index (χ0v) is 12.1. The highest BCUT2D eigenvalue weighted by Crippen LogP contribution is 2.36. The van der Waals surface area contributed by atoms with Gasteiger partial charge in [0.05, 0.1) is 5.56 Å². The number of piperidine rings is 1. The van der Waals surface area contributed by atoms with Crippen molar-refractivity contribution < 1.29 is 9.18 Å². The van der Waals surface area contributed by atoms with Crippen LogP contribution in [0.5, 0.6) is 0 Å². The molecule has 1 aromatic rings. The maximum absolute atomic E-state index is 14.2. The number of hydrogen-bond donors (Lipinski definition) is 0. The van der Waals surface area contributed by atoms with E-state index in [1.54, 1.807) is 25.1 Å². The SMILES string of the molecule is Cc1cccc(C(=O)N2CCC[C@H]3CCCC[C@H]32)c1F. The van der Waals surface area contributed by atoms with Crippen LogP contribution in [-0.2, 0) is 0 Å². The van der Waals surface area contributed by atoms with Crippen LogP contribution in [-0.4, -0.2) is 23.4 Å². The predicted octanol–water partition coefficient (Wildman–Crippen LogP) is 3.93. The average Bonchev–Trinajstić information content (AvgIpc) is 2.49. The number of hydrogen-bond acceptors (Lipinski definition) is 1. The zero-order valence-electron chi connectivity index (χ0n) is 12.1. The normalized spacial score (nSPS) is 26.2. The number of amides is 1. The highest BCUT2D eigenvalue weighted by atomic mass is 19.1. The number of fused-ring (bicyclic) bond motifs is 1. The fourth-order valence-corrected chi connectivity index (χ4v) is 3.84. The summed E-state index contributed by atoms with van der Waals surface area (Å²) in [5.41, 5.74) is 0.796. The predicted molar refractivity (Wildman–Crippen MR) is 77.2 cm³/mol. The molecule has 1 saturated heterocycles. The first-order chi connectivity index (χ1) is 9.68. The lowest BCUT2D eigenvalue weighted by molar-refractivity contribution is 0.0386. The minimum absolute atomic E-state index is 0.109. The fourth-order valence-electron chi connectivity index (χ4n) is 3.84. The lowest BCUT2D eigenvalue weighted by atomic mass is 9.78. The maximum Gasteiger partial charge on any atom is 0.257 e. The molecule has 0 unspecified atom stereocenters. The number of halogens is 1. The van der Waals surface area contributed by atoms with Gasteiger partial charge in [-0.25, -0.2) is 4.39 Å². The number of aryl methyl sites for hydroxylation is 1. The van der Waals surface area contributed by atoms with Crippen LogP contribution >= 0.6 is 0 Å². The van der Waals surface area contributed by atoms with Crippen molar-refractivity contribution in [2.75, 3.05) is 6.54 Å². The Bertz CT molecular complexity index is 512. The van der Waals surface area contributed by atoms with Crippen molar-refractivity contribution in [3.05, 3.63) is 35.1 Å². The summed E-state index contributed by atoms with van der Waals surface area (Å²) in [6.45, 7) is 2.50. The van der Waals surface area contributed by atoms with E-state index in [2.05, 4.69) is 0 Å². The summed E-state index contributed by atoms with van der Waals surface area (Å²) in [6, 6.07) is 5.45. The molecule has 1 saturated carbocycles. The standard InChI is InChI=1S/C17H22FNO/c1-12-6-4-9-14(16(12)18)17(20)19-11-5-8-13-7-2-3-10-15(13)19/h4,6,9,13,15H,2-3,5,7-8,10-11H2,1H3/t13-,15-/m1/s1. The first-order valence-corrected chi connectivity index (χ1v) is 7.74. The van der Waals surface area contributed by atoms with Crippen molar-refractivity contribution in [2.45, 2.75) is 51.5 Å². The van der Waals surface area contributed by atoms with Gasteiger partial charge < -0.3 is 4.90 Å². The van der Waals surface area contributed by atoms with Gasteiger partial charge in [-0.3, -0.25) is 4.79 Å². The van der Waals surface area contributed by atoms with E-state index in [1.165, 1.54) is 25.7 Å². The van der Waals surface area contributed by atoms with Crippen LogP contribution in [0, 0.1) is 18.7 Å². The topological polar surface area (TPSA) is 20.3 Å². The minimum atomic E-state index is -0.351. The number of likely N-dealkylation sites (tertiary alicyclic amines) is 1. The van der Waals surface area contributed by atoms with E-state index in [4.69, 9.17) is 0 Å². The molecule has 1 heterocycles. The Hall–Kier alpha value is -1.38. The summed E-state index contributed by atoms with van der Waals surface area (Å²) in [5.74, 6) is 0.174. The van der Waals surface area contributed by atoms with Gasteiger partial charge in [0.1, 0.15) is 5.82 Å². The molecule has 1 aromatic carbocycles. The van der Waals surface area contributed by atoms with Crippen LogP contribution in [0.1, 0.15) is 54.4 Å². The lowest BCUT2D eigenvalue weighted by Gasteiger charge is -2.44. The molecule has 1 aliphatic carbocycles. The van der Waals surface area contributed by atoms with E-state index in [0.717, 1.165) is 19.4 Å². The zero-order chi connectivity index (χ0) is 14.1. The van der Waals surface area contributed by atoms with Gasteiger partial charge in [-0.2, -0.15) is 0 Å². The van der Waals surface area contributed by atoms with Crippen molar-refractivity contribution in [3.63, 3.8) is 0 Å². The second-order valence-corrected chi connectivity index (χ2v) is 6.19. The lowest BCUT2D eigenvalue weighted by Crippen LogP contribution is -2.49. The molecule has 2 nitrogen and oxygen atoms in total. The summed E-state index contributed by atoms with van der Waals surface area (Å²) in [5, 5.41) is 0. The maximum atomic E-state index is 14.2. The summed E-state index contributed by atoms with van der Waals surface area (Å²) >= 11 is 0. The van der Waals surface area contributed by atoms with Crippen molar-refractivity contribution in [1.82, 2.24) is 4.90 Å². The molecule has 2 fully saturated rings. The second-order valence-electron chi connectivity index (χ2n) is 6.19. The van der Waals surface area contributed by atoms with Gasteiger partial charge >= 0.3 is 0 Å². The Morgan fingerprint density at radius 1 is 1.20 bits per heavy atom. The third-order valence-electron chi connectivity index (χ3n) is 4.93. The van der Waals surface area contributed by atoms with E-state index in [1.807, 2.05) is 4.90 Å². The molecule has 0 spiro atoms. The van der Waals surface area contributed by atoms with Crippen LogP contribution in [0.25, 0.3) is 0 Å². The summed E-state index contributed by atoms with van der Waals surface area (Å²) in [4.78, 5) is 14.7. The van der Waals surface area contributed by atoms with E-state index in [-0.39, 0.29) is 17.3 Å². The Kier molecular flexibility index (Phi) is 3.77. The Morgan fingerprint density at radius 3 is 2.80 bits per heavy atom. The second kappa shape index (κ2) is 5.55. The highest BCUT2D eigenvalue weighted by molar-refractivity contribution is 5.95. The molecule has 1 amide bonds. The van der Waals surface area contributed by atoms with Crippen molar-refractivity contribution in [3.8, 4) is 0 Å². The summed E-state index contributed by atoms with van der Waals surface area (Å²) in [6.07, 6.45) is 7.07. The molecule has 3 rings (SSSR count).